The second-order valence-electron chi connectivity index (χ2n) is 16.1. The molecule has 1 fully saturated rings. The first-order valence-electron chi connectivity index (χ1n) is 16.4. The molecule has 1 aromatic heterocycles. The van der Waals surface area contributed by atoms with Crippen LogP contribution in [0.15, 0.2) is 26.9 Å². The largest absolute Gasteiger partial charge is 0.481 e. The van der Waals surface area contributed by atoms with E-state index < -0.39 is 110 Å². The van der Waals surface area contributed by atoms with E-state index in [-0.39, 0.29) is 22.9 Å². The lowest BCUT2D eigenvalue weighted by Crippen LogP contribution is -2.59. The minimum atomic E-state index is -4.37. The Morgan fingerprint density at radius 3 is 2.10 bits per heavy atom. The number of carbonyl (C=O) groups is 3. The maximum Gasteiger partial charge on any atom is 0.333 e. The maximum absolute atomic E-state index is 14.2. The normalized spacial score (nSPS) is 24.4. The van der Waals surface area contributed by atoms with Crippen molar-refractivity contribution in [3.8, 4) is 0 Å². The standard InChI is InChI=1S/C31H52N4O13SSi2/c1-18-14-35(28(42)34(25(18)39)15-22(36)33-19(27(40)41)12-13-23(37)38)26-24(47-51(10,11)30(5,6)7)31(20(32)17-49(43,44)48-31)21(46-26)16-45-50(8,9)29(2,3)4/h14,17,19,21,24,26H,12-13,15-16,32H2,1-11H3,(H,33,36)(H,37,38)(H,40,41)/t19-,21?,24-,26+,31?/m0/s1. The lowest BCUT2D eigenvalue weighted by Gasteiger charge is -2.43. The minimum absolute atomic E-state index is 0.0174. The number of carbonyl (C=O) groups excluding carboxylic acids is 1. The van der Waals surface area contributed by atoms with Gasteiger partial charge in [-0.3, -0.25) is 23.5 Å². The Balaban J connectivity index is 2.22. The molecule has 1 amide bonds. The van der Waals surface area contributed by atoms with Crippen molar-refractivity contribution in [3.63, 3.8) is 0 Å². The van der Waals surface area contributed by atoms with Crippen LogP contribution in [0.25, 0.3) is 0 Å². The fourth-order valence-electron chi connectivity index (χ4n) is 5.20. The van der Waals surface area contributed by atoms with Crippen LogP contribution in [-0.4, -0.2) is 92.7 Å². The van der Waals surface area contributed by atoms with Gasteiger partial charge in [-0.1, -0.05) is 41.5 Å². The molecule has 0 saturated carbocycles. The second kappa shape index (κ2) is 14.4. The summed E-state index contributed by atoms with van der Waals surface area (Å²) in [4.78, 5) is 63.2. The molecule has 0 aliphatic carbocycles. The highest BCUT2D eigenvalue weighted by molar-refractivity contribution is 7.90. The number of hydrogen-bond acceptors (Lipinski definition) is 12. The Kier molecular flexibility index (Phi) is 11.9. The number of nitrogens with two attached hydrogens (primary N) is 1. The fourth-order valence-corrected chi connectivity index (χ4v) is 8.71. The van der Waals surface area contributed by atoms with Gasteiger partial charge >= 0.3 is 17.6 Å². The van der Waals surface area contributed by atoms with E-state index in [0.717, 1.165) is 9.98 Å². The van der Waals surface area contributed by atoms with E-state index in [1.54, 1.807) is 0 Å². The second-order valence-corrected chi connectivity index (χ2v) is 27.1. The molecule has 0 aromatic carbocycles. The Morgan fingerprint density at radius 2 is 1.63 bits per heavy atom. The van der Waals surface area contributed by atoms with Crippen LogP contribution >= 0.6 is 0 Å². The van der Waals surface area contributed by atoms with Gasteiger partial charge in [-0.2, -0.15) is 8.42 Å². The van der Waals surface area contributed by atoms with Crippen molar-refractivity contribution in [1.29, 1.82) is 0 Å². The van der Waals surface area contributed by atoms with Crippen molar-refractivity contribution in [2.24, 2.45) is 5.73 Å². The summed E-state index contributed by atoms with van der Waals surface area (Å²) in [6.07, 6.45) is -3.88. The number of aromatic nitrogens is 2. The van der Waals surface area contributed by atoms with Crippen LogP contribution in [0.1, 0.15) is 66.2 Å². The van der Waals surface area contributed by atoms with Gasteiger partial charge in [0.1, 0.15) is 24.8 Å². The zero-order chi connectivity index (χ0) is 39.3. The van der Waals surface area contributed by atoms with Gasteiger partial charge in [-0.15, -0.1) is 0 Å². The number of rotatable bonds is 13. The van der Waals surface area contributed by atoms with Crippen LogP contribution in [-0.2, 0) is 48.8 Å². The van der Waals surface area contributed by atoms with Crippen molar-refractivity contribution in [2.45, 2.75) is 134 Å². The Morgan fingerprint density at radius 1 is 1.06 bits per heavy atom. The van der Waals surface area contributed by atoms with Crippen LogP contribution in [0.2, 0.25) is 36.3 Å². The molecule has 2 aliphatic rings. The molecule has 3 rings (SSSR count). The highest BCUT2D eigenvalue weighted by Gasteiger charge is 2.67. The molecule has 2 aliphatic heterocycles. The van der Waals surface area contributed by atoms with Crippen molar-refractivity contribution in [1.82, 2.24) is 14.5 Å². The quantitative estimate of drug-likeness (QED) is 0.165. The lowest BCUT2D eigenvalue weighted by atomic mass is 9.89. The van der Waals surface area contributed by atoms with Crippen LogP contribution < -0.4 is 22.3 Å². The smallest absolute Gasteiger partial charge is 0.333 e. The molecule has 51 heavy (non-hydrogen) atoms. The van der Waals surface area contributed by atoms with Crippen LogP contribution in [0.5, 0.6) is 0 Å². The van der Waals surface area contributed by atoms with Gasteiger partial charge in [-0.05, 0) is 49.6 Å². The number of amides is 1. The van der Waals surface area contributed by atoms with Crippen molar-refractivity contribution >= 4 is 44.6 Å². The molecule has 17 nitrogen and oxygen atoms in total. The molecule has 1 aromatic rings. The molecule has 288 valence electrons. The predicted octanol–water partition coefficient (Wildman–Crippen LogP) is 1.96. The summed E-state index contributed by atoms with van der Waals surface area (Å²) in [6, 6.07) is -1.60. The summed E-state index contributed by atoms with van der Waals surface area (Å²) >= 11 is 0. The van der Waals surface area contributed by atoms with E-state index in [0.29, 0.717) is 4.57 Å². The third-order valence-corrected chi connectivity index (χ3v) is 20.3. The first-order valence-corrected chi connectivity index (χ1v) is 23.7. The number of aryl methyl sites for hydroxylation is 1. The summed E-state index contributed by atoms with van der Waals surface area (Å²) in [5.74, 6) is -3.82. The first-order chi connectivity index (χ1) is 23.0. The molecule has 3 heterocycles. The highest BCUT2D eigenvalue weighted by Crippen LogP contribution is 2.52. The maximum atomic E-state index is 14.2. The molecule has 1 saturated heterocycles. The number of hydrogen-bond donors (Lipinski definition) is 4. The van der Waals surface area contributed by atoms with E-state index in [1.807, 2.05) is 67.7 Å². The van der Waals surface area contributed by atoms with Gasteiger partial charge in [0.05, 0.1) is 17.7 Å². The average molecular weight is 777 g/mol. The van der Waals surface area contributed by atoms with E-state index in [9.17, 15) is 37.5 Å². The minimum Gasteiger partial charge on any atom is -0.481 e. The Labute approximate surface area is 299 Å². The number of aliphatic carboxylic acids is 2. The van der Waals surface area contributed by atoms with Crippen molar-refractivity contribution in [2.75, 3.05) is 6.61 Å². The van der Waals surface area contributed by atoms with Gasteiger partial charge in [0.2, 0.25) is 5.91 Å². The van der Waals surface area contributed by atoms with Crippen LogP contribution in [0.4, 0.5) is 0 Å². The SMILES string of the molecule is Cc1cn([C@@H]2OC(CO[Si](C)(C)C(C)(C)C)C3(OS(=O)(=O)C=C3N)[C@H]2O[Si](C)(C)C(C)(C)C)c(=O)n(CC(=O)N[C@@H](CCC(=O)O)C(=O)O)c1=O. The van der Waals surface area contributed by atoms with Gasteiger partial charge < -0.3 is 34.9 Å². The lowest BCUT2D eigenvalue weighted by molar-refractivity contribution is -0.143. The number of ether oxygens (including phenoxy) is 1. The molecule has 2 unspecified atom stereocenters. The Bertz CT molecular complexity index is 1810. The monoisotopic (exact) mass is 776 g/mol. The molecule has 20 heteroatoms. The van der Waals surface area contributed by atoms with Crippen molar-refractivity contribution < 1.29 is 50.8 Å². The summed E-state index contributed by atoms with van der Waals surface area (Å²) in [5.41, 5.74) is 2.35. The summed E-state index contributed by atoms with van der Waals surface area (Å²) in [5, 5.41) is 20.7. The van der Waals surface area contributed by atoms with Crippen LogP contribution in [0.3, 0.4) is 0 Å². The molecule has 0 radical (unpaired) electrons. The van der Waals surface area contributed by atoms with Gasteiger partial charge in [0.15, 0.2) is 28.5 Å². The predicted molar refractivity (Wildman–Crippen MR) is 190 cm³/mol. The van der Waals surface area contributed by atoms with Gasteiger partial charge in [0, 0.05) is 18.2 Å². The number of carboxylic acid groups (broad SMARTS) is 2. The van der Waals surface area contributed by atoms with Gasteiger partial charge in [-0.25, -0.2) is 13.8 Å². The van der Waals surface area contributed by atoms with E-state index >= 15 is 0 Å². The summed E-state index contributed by atoms with van der Waals surface area (Å²) in [6.45, 7) is 20.0. The van der Waals surface area contributed by atoms with Crippen LogP contribution in [0, 0.1) is 6.92 Å². The fraction of sp³-hybridized carbons (Fsp3) is 0.710. The van der Waals surface area contributed by atoms with E-state index in [4.69, 9.17) is 28.6 Å². The first kappa shape index (κ1) is 42.3. The molecular formula is C31H52N4O13SSi2. The molecule has 1 spiro atoms. The molecular weight excluding hydrogens is 725 g/mol. The number of carboxylic acids is 2. The van der Waals surface area contributed by atoms with Crippen molar-refractivity contribution in [3.05, 3.63) is 43.7 Å². The third-order valence-electron chi connectivity index (χ3n) is 10.3. The zero-order valence-electron chi connectivity index (χ0n) is 31.1. The highest BCUT2D eigenvalue weighted by atomic mass is 32.2. The molecule has 5 N–H and O–H groups in total. The molecule has 0 bridgehead atoms. The summed E-state index contributed by atoms with van der Waals surface area (Å²) < 4.78 is 53.4. The third kappa shape index (κ3) is 8.74. The van der Waals surface area contributed by atoms with Gasteiger partial charge in [0.25, 0.3) is 15.7 Å². The average Bonchev–Trinajstić information content (AvgIpc) is 3.38. The van der Waals surface area contributed by atoms with E-state index in [1.165, 1.54) is 13.1 Å². The number of nitrogens with one attached hydrogen (secondary N) is 1. The zero-order valence-corrected chi connectivity index (χ0v) is 33.9. The Hall–Kier alpha value is -3.15. The topological polar surface area (TPSA) is 245 Å². The van der Waals surface area contributed by atoms with E-state index in [2.05, 4.69) is 5.32 Å². The molecule has 5 atom stereocenters. The summed E-state index contributed by atoms with van der Waals surface area (Å²) in [7, 11) is -9.74. The number of nitrogens with zero attached hydrogens (tertiary/aromatic N) is 2.